The Balaban J connectivity index is 2.34. The molecule has 3 nitrogen and oxygen atoms in total. The molecular weight excluding hydrogens is 260 g/mol. The predicted molar refractivity (Wildman–Crippen MR) is 77.5 cm³/mol. The molecule has 19 heavy (non-hydrogen) atoms. The second-order valence-electron chi connectivity index (χ2n) is 4.38. The van der Waals surface area contributed by atoms with Crippen LogP contribution in [0.25, 0.3) is 22.3 Å². The van der Waals surface area contributed by atoms with E-state index in [0.29, 0.717) is 21.7 Å². The van der Waals surface area contributed by atoms with E-state index in [9.17, 15) is 4.79 Å². The average Bonchev–Trinajstić information content (AvgIpc) is 2.39. The monoisotopic (exact) mass is 270 g/mol. The Bertz CT molecular complexity index is 824. The van der Waals surface area contributed by atoms with Gasteiger partial charge in [-0.2, -0.15) is 0 Å². The number of nitrogens with zero attached hydrogens (tertiary/aromatic N) is 1. The van der Waals surface area contributed by atoms with Gasteiger partial charge < -0.3 is 4.98 Å². The number of aryl methyl sites for hydroxylation is 1. The molecule has 0 saturated carbocycles. The maximum atomic E-state index is 12.2. The summed E-state index contributed by atoms with van der Waals surface area (Å²) < 4.78 is 0. The lowest BCUT2D eigenvalue weighted by atomic mass is 10.1. The Morgan fingerprint density at radius 1 is 1.21 bits per heavy atom. The van der Waals surface area contributed by atoms with E-state index in [4.69, 9.17) is 11.6 Å². The van der Waals surface area contributed by atoms with Crippen LogP contribution in [0.1, 0.15) is 5.56 Å². The zero-order valence-corrected chi connectivity index (χ0v) is 11.0. The Kier molecular flexibility index (Phi) is 2.84. The average molecular weight is 271 g/mol. The molecule has 3 rings (SSSR count). The molecule has 94 valence electrons. The number of fused-ring (bicyclic) bond motifs is 1. The maximum Gasteiger partial charge on any atom is 0.191 e. The van der Waals surface area contributed by atoms with Crippen molar-refractivity contribution in [2.24, 2.45) is 0 Å². The SMILES string of the molecule is Cc1ccnc2[nH]c(-c3ccccc3Cl)cc(=O)c12. The number of halogens is 1. The first-order valence-corrected chi connectivity index (χ1v) is 6.28. The van der Waals surface area contributed by atoms with Gasteiger partial charge in [-0.3, -0.25) is 4.79 Å². The third-order valence-corrected chi connectivity index (χ3v) is 3.43. The van der Waals surface area contributed by atoms with Crippen LogP contribution in [0.5, 0.6) is 0 Å². The second kappa shape index (κ2) is 4.52. The van der Waals surface area contributed by atoms with Crippen LogP contribution in [-0.2, 0) is 0 Å². The first-order chi connectivity index (χ1) is 9.16. The lowest BCUT2D eigenvalue weighted by Gasteiger charge is -2.07. The minimum absolute atomic E-state index is 0.0470. The largest absolute Gasteiger partial charge is 0.339 e. The zero-order chi connectivity index (χ0) is 13.4. The summed E-state index contributed by atoms with van der Waals surface area (Å²) >= 11 is 6.15. The number of nitrogens with one attached hydrogen (secondary N) is 1. The van der Waals surface area contributed by atoms with E-state index < -0.39 is 0 Å². The topological polar surface area (TPSA) is 45.8 Å². The Morgan fingerprint density at radius 2 is 2.00 bits per heavy atom. The number of hydrogen-bond acceptors (Lipinski definition) is 2. The van der Waals surface area contributed by atoms with Crippen molar-refractivity contribution in [3.8, 4) is 11.3 Å². The van der Waals surface area contributed by atoms with Crippen molar-refractivity contribution < 1.29 is 0 Å². The molecule has 0 aliphatic heterocycles. The lowest BCUT2D eigenvalue weighted by Crippen LogP contribution is -2.06. The van der Waals surface area contributed by atoms with Gasteiger partial charge in [0.2, 0.25) is 0 Å². The third-order valence-electron chi connectivity index (χ3n) is 3.10. The number of pyridine rings is 2. The minimum Gasteiger partial charge on any atom is -0.339 e. The molecule has 0 saturated heterocycles. The van der Waals surface area contributed by atoms with Crippen molar-refractivity contribution >= 4 is 22.6 Å². The van der Waals surface area contributed by atoms with Gasteiger partial charge in [-0.05, 0) is 24.6 Å². The Hall–Kier alpha value is -2.13. The van der Waals surface area contributed by atoms with Crippen LogP contribution >= 0.6 is 11.6 Å². The molecule has 0 atom stereocenters. The zero-order valence-electron chi connectivity index (χ0n) is 10.3. The van der Waals surface area contributed by atoms with Crippen LogP contribution in [0.3, 0.4) is 0 Å². The molecule has 4 heteroatoms. The maximum absolute atomic E-state index is 12.2. The first-order valence-electron chi connectivity index (χ1n) is 5.90. The molecule has 0 radical (unpaired) electrons. The molecule has 3 aromatic rings. The summed E-state index contributed by atoms with van der Waals surface area (Å²) in [5, 5.41) is 1.23. The smallest absolute Gasteiger partial charge is 0.191 e. The molecule has 0 unspecified atom stereocenters. The highest BCUT2D eigenvalue weighted by Gasteiger charge is 2.09. The van der Waals surface area contributed by atoms with Gasteiger partial charge >= 0.3 is 0 Å². The summed E-state index contributed by atoms with van der Waals surface area (Å²) in [6, 6.07) is 10.8. The highest BCUT2D eigenvalue weighted by Crippen LogP contribution is 2.26. The molecule has 0 aliphatic rings. The van der Waals surface area contributed by atoms with Gasteiger partial charge in [0, 0.05) is 22.8 Å². The summed E-state index contributed by atoms with van der Waals surface area (Å²) in [6.45, 7) is 1.90. The van der Waals surface area contributed by atoms with Gasteiger partial charge in [-0.15, -0.1) is 0 Å². The van der Waals surface area contributed by atoms with E-state index in [1.807, 2.05) is 31.2 Å². The predicted octanol–water partition coefficient (Wildman–Crippen LogP) is 3.55. The fourth-order valence-corrected chi connectivity index (χ4v) is 2.39. The number of aromatic amines is 1. The fourth-order valence-electron chi connectivity index (χ4n) is 2.16. The van der Waals surface area contributed by atoms with E-state index in [1.54, 1.807) is 18.3 Å². The van der Waals surface area contributed by atoms with Crippen LogP contribution in [0.15, 0.2) is 47.4 Å². The quantitative estimate of drug-likeness (QED) is 0.735. The van der Waals surface area contributed by atoms with E-state index >= 15 is 0 Å². The highest BCUT2D eigenvalue weighted by atomic mass is 35.5. The normalized spacial score (nSPS) is 10.8. The Morgan fingerprint density at radius 3 is 2.79 bits per heavy atom. The van der Waals surface area contributed by atoms with Gasteiger partial charge in [0.05, 0.1) is 11.1 Å². The molecule has 0 fully saturated rings. The molecule has 0 amide bonds. The summed E-state index contributed by atoms with van der Waals surface area (Å²) in [6.07, 6.45) is 1.68. The first kappa shape index (κ1) is 11.9. The van der Waals surface area contributed by atoms with Crippen LogP contribution in [0, 0.1) is 6.92 Å². The molecule has 1 aromatic carbocycles. The Labute approximate surface area is 114 Å². The summed E-state index contributed by atoms with van der Waals surface area (Å²) in [7, 11) is 0. The van der Waals surface area contributed by atoms with Crippen molar-refractivity contribution in [3.63, 3.8) is 0 Å². The van der Waals surface area contributed by atoms with Crippen molar-refractivity contribution in [3.05, 3.63) is 63.4 Å². The van der Waals surface area contributed by atoms with Crippen molar-refractivity contribution in [1.29, 1.82) is 0 Å². The van der Waals surface area contributed by atoms with Gasteiger partial charge in [0.1, 0.15) is 5.65 Å². The number of H-pyrrole nitrogens is 1. The van der Waals surface area contributed by atoms with E-state index in [-0.39, 0.29) is 5.43 Å². The van der Waals surface area contributed by atoms with Crippen LogP contribution < -0.4 is 5.43 Å². The van der Waals surface area contributed by atoms with Crippen LogP contribution in [0.4, 0.5) is 0 Å². The molecule has 2 aromatic heterocycles. The summed E-state index contributed by atoms with van der Waals surface area (Å²) in [5.74, 6) is 0. The fraction of sp³-hybridized carbons (Fsp3) is 0.0667. The third kappa shape index (κ3) is 2.02. The summed E-state index contributed by atoms with van der Waals surface area (Å²) in [4.78, 5) is 19.6. The van der Waals surface area contributed by atoms with E-state index in [0.717, 1.165) is 11.1 Å². The van der Waals surface area contributed by atoms with Crippen molar-refractivity contribution in [1.82, 2.24) is 9.97 Å². The standard InChI is InChI=1S/C15H11ClN2O/c1-9-6-7-17-15-14(9)13(19)8-12(18-15)10-4-2-3-5-11(10)16/h2-8H,1H3,(H,17,18,19). The van der Waals surface area contributed by atoms with Gasteiger partial charge in [0.15, 0.2) is 5.43 Å². The van der Waals surface area contributed by atoms with Crippen LogP contribution in [0.2, 0.25) is 5.02 Å². The molecule has 0 spiro atoms. The molecule has 2 heterocycles. The van der Waals surface area contributed by atoms with Crippen LogP contribution in [-0.4, -0.2) is 9.97 Å². The van der Waals surface area contributed by atoms with E-state index in [1.165, 1.54) is 0 Å². The number of benzene rings is 1. The minimum atomic E-state index is -0.0470. The lowest BCUT2D eigenvalue weighted by molar-refractivity contribution is 1.26. The molecular formula is C15H11ClN2O. The van der Waals surface area contributed by atoms with Gasteiger partial charge in [-0.1, -0.05) is 29.8 Å². The van der Waals surface area contributed by atoms with Gasteiger partial charge in [-0.25, -0.2) is 4.98 Å². The molecule has 0 aliphatic carbocycles. The number of aromatic nitrogens is 2. The second-order valence-corrected chi connectivity index (χ2v) is 4.79. The molecule has 0 bridgehead atoms. The van der Waals surface area contributed by atoms with E-state index in [2.05, 4.69) is 9.97 Å². The molecule has 1 N–H and O–H groups in total. The van der Waals surface area contributed by atoms with Gasteiger partial charge in [0.25, 0.3) is 0 Å². The highest BCUT2D eigenvalue weighted by molar-refractivity contribution is 6.33. The summed E-state index contributed by atoms with van der Waals surface area (Å²) in [5.41, 5.74) is 2.93. The van der Waals surface area contributed by atoms with Crippen molar-refractivity contribution in [2.45, 2.75) is 6.92 Å². The number of hydrogen-bond donors (Lipinski definition) is 1. The van der Waals surface area contributed by atoms with Crippen molar-refractivity contribution in [2.75, 3.05) is 0 Å². The number of rotatable bonds is 1.